The Balaban J connectivity index is 2.19. The van der Waals surface area contributed by atoms with Crippen LogP contribution in [0, 0.1) is 6.92 Å². The topological polar surface area (TPSA) is 94.8 Å². The molecule has 120 valence electrons. The van der Waals surface area contributed by atoms with Gasteiger partial charge in [0.25, 0.3) is 5.91 Å². The second kappa shape index (κ2) is 7.41. The zero-order chi connectivity index (χ0) is 17.0. The second-order valence-corrected chi connectivity index (χ2v) is 5.46. The van der Waals surface area contributed by atoms with Crippen LogP contribution < -0.4 is 5.43 Å². The van der Waals surface area contributed by atoms with Crippen molar-refractivity contribution >= 4 is 35.3 Å². The number of carbonyl (C=O) groups excluding carboxylic acids is 1. The average molecular weight is 354 g/mol. The van der Waals surface area contributed by atoms with Crippen molar-refractivity contribution in [3.8, 4) is 5.75 Å². The van der Waals surface area contributed by atoms with Crippen molar-refractivity contribution in [1.82, 2.24) is 10.4 Å². The van der Waals surface area contributed by atoms with Crippen LogP contribution in [0.15, 0.2) is 29.5 Å². The van der Waals surface area contributed by atoms with Crippen LogP contribution in [0.3, 0.4) is 0 Å². The largest absolute Gasteiger partial charge is 0.505 e. The SMILES string of the molecule is Cc1ncc(CO)c(C=NNC(=O)c2ccc(Cl)cc2Cl)c1O. The number of nitrogens with one attached hydrogen (secondary N) is 1. The monoisotopic (exact) mass is 353 g/mol. The van der Waals surface area contributed by atoms with Gasteiger partial charge in [-0.05, 0) is 25.1 Å². The number of rotatable bonds is 4. The smallest absolute Gasteiger partial charge is 0.272 e. The van der Waals surface area contributed by atoms with Crippen molar-refractivity contribution in [1.29, 1.82) is 0 Å². The van der Waals surface area contributed by atoms with Gasteiger partial charge in [0.15, 0.2) is 0 Å². The predicted octanol–water partition coefficient (Wildman–Crippen LogP) is 2.66. The van der Waals surface area contributed by atoms with Crippen molar-refractivity contribution in [3.63, 3.8) is 0 Å². The van der Waals surface area contributed by atoms with E-state index in [-0.39, 0.29) is 28.5 Å². The van der Waals surface area contributed by atoms with E-state index in [1.54, 1.807) is 6.92 Å². The number of hydrogen-bond acceptors (Lipinski definition) is 5. The third kappa shape index (κ3) is 3.98. The van der Waals surface area contributed by atoms with Crippen molar-refractivity contribution in [2.75, 3.05) is 0 Å². The highest BCUT2D eigenvalue weighted by Crippen LogP contribution is 2.22. The normalized spacial score (nSPS) is 11.0. The second-order valence-electron chi connectivity index (χ2n) is 4.61. The number of hydrazone groups is 1. The lowest BCUT2D eigenvalue weighted by Gasteiger charge is -2.07. The van der Waals surface area contributed by atoms with Crippen molar-refractivity contribution in [2.24, 2.45) is 5.10 Å². The van der Waals surface area contributed by atoms with Gasteiger partial charge < -0.3 is 10.2 Å². The number of amides is 1. The first-order valence-corrected chi connectivity index (χ1v) is 7.26. The molecule has 0 fully saturated rings. The standard InChI is InChI=1S/C15H13Cl2N3O3/c1-8-14(22)12(9(7-21)5-18-8)6-19-20-15(23)11-3-2-10(16)4-13(11)17/h2-6,21-22H,7H2,1H3,(H,20,23). The molecule has 0 unspecified atom stereocenters. The fourth-order valence-electron chi connectivity index (χ4n) is 1.81. The summed E-state index contributed by atoms with van der Waals surface area (Å²) in [6, 6.07) is 4.46. The number of benzene rings is 1. The first kappa shape index (κ1) is 17.2. The number of halogens is 2. The van der Waals surface area contributed by atoms with E-state index in [0.29, 0.717) is 16.3 Å². The summed E-state index contributed by atoms with van der Waals surface area (Å²) >= 11 is 11.7. The van der Waals surface area contributed by atoms with Crippen molar-refractivity contribution in [3.05, 3.63) is 56.8 Å². The van der Waals surface area contributed by atoms with E-state index in [1.165, 1.54) is 30.6 Å². The Labute approximate surface area is 142 Å². The van der Waals surface area contributed by atoms with Crippen LogP contribution in [-0.2, 0) is 6.61 Å². The molecule has 6 nitrogen and oxygen atoms in total. The van der Waals surface area contributed by atoms with Gasteiger partial charge in [-0.2, -0.15) is 5.10 Å². The first-order valence-electron chi connectivity index (χ1n) is 6.50. The predicted molar refractivity (Wildman–Crippen MR) is 88.1 cm³/mol. The molecule has 2 rings (SSSR count). The number of carbonyl (C=O) groups is 1. The van der Waals surface area contributed by atoms with Gasteiger partial charge in [-0.25, -0.2) is 5.43 Å². The van der Waals surface area contributed by atoms with Gasteiger partial charge in [0, 0.05) is 22.3 Å². The van der Waals surface area contributed by atoms with Gasteiger partial charge in [-0.3, -0.25) is 9.78 Å². The Hall–Kier alpha value is -2.15. The van der Waals surface area contributed by atoms with E-state index in [4.69, 9.17) is 23.2 Å². The molecule has 2 aromatic rings. The molecule has 1 heterocycles. The summed E-state index contributed by atoms with van der Waals surface area (Å²) in [4.78, 5) is 15.9. The zero-order valence-electron chi connectivity index (χ0n) is 12.0. The molecule has 0 aliphatic rings. The van der Waals surface area contributed by atoms with E-state index in [9.17, 15) is 15.0 Å². The van der Waals surface area contributed by atoms with E-state index >= 15 is 0 Å². The van der Waals surface area contributed by atoms with Gasteiger partial charge in [-0.15, -0.1) is 0 Å². The van der Waals surface area contributed by atoms with Gasteiger partial charge in [-0.1, -0.05) is 23.2 Å². The van der Waals surface area contributed by atoms with Crippen LogP contribution in [-0.4, -0.2) is 27.3 Å². The number of aromatic hydroxyl groups is 1. The molecule has 0 bridgehead atoms. The number of aliphatic hydroxyl groups is 1. The molecule has 0 radical (unpaired) electrons. The summed E-state index contributed by atoms with van der Waals surface area (Å²) in [7, 11) is 0. The highest BCUT2D eigenvalue weighted by molar-refractivity contribution is 6.36. The van der Waals surface area contributed by atoms with Gasteiger partial charge in [0.05, 0.1) is 29.1 Å². The molecule has 1 aromatic heterocycles. The summed E-state index contributed by atoms with van der Waals surface area (Å²) < 4.78 is 0. The number of nitrogens with zero attached hydrogens (tertiary/aromatic N) is 2. The molecule has 0 aliphatic heterocycles. The molecule has 0 aliphatic carbocycles. The van der Waals surface area contributed by atoms with Gasteiger partial charge in [0.2, 0.25) is 0 Å². The molecule has 8 heteroatoms. The molecule has 3 N–H and O–H groups in total. The summed E-state index contributed by atoms with van der Waals surface area (Å²) in [6.07, 6.45) is 2.66. The Bertz CT molecular complexity index is 779. The minimum Gasteiger partial charge on any atom is -0.505 e. The lowest BCUT2D eigenvalue weighted by Crippen LogP contribution is -2.18. The number of hydrogen-bond donors (Lipinski definition) is 3. The van der Waals surface area contributed by atoms with Crippen LogP contribution in [0.5, 0.6) is 5.75 Å². The van der Waals surface area contributed by atoms with E-state index in [0.717, 1.165) is 0 Å². The molecule has 0 saturated heterocycles. The van der Waals surface area contributed by atoms with Crippen LogP contribution in [0.2, 0.25) is 10.0 Å². The Morgan fingerprint density at radius 3 is 2.83 bits per heavy atom. The number of pyridine rings is 1. The molecular formula is C15H13Cl2N3O3. The third-order valence-electron chi connectivity index (χ3n) is 3.06. The maximum atomic E-state index is 12.0. The highest BCUT2D eigenvalue weighted by atomic mass is 35.5. The van der Waals surface area contributed by atoms with Crippen LogP contribution in [0.1, 0.15) is 27.2 Å². The van der Waals surface area contributed by atoms with E-state index in [2.05, 4.69) is 15.5 Å². The maximum absolute atomic E-state index is 12.0. The molecule has 1 amide bonds. The Morgan fingerprint density at radius 1 is 1.43 bits per heavy atom. The van der Waals surface area contributed by atoms with Gasteiger partial charge in [0.1, 0.15) is 5.75 Å². The Kier molecular flexibility index (Phi) is 5.54. The first-order chi connectivity index (χ1) is 10.9. The number of aliphatic hydroxyl groups excluding tert-OH is 1. The quantitative estimate of drug-likeness (QED) is 0.581. The Morgan fingerprint density at radius 2 is 2.17 bits per heavy atom. The molecule has 0 saturated carbocycles. The molecule has 23 heavy (non-hydrogen) atoms. The summed E-state index contributed by atoms with van der Waals surface area (Å²) in [5.41, 5.74) is 3.56. The maximum Gasteiger partial charge on any atom is 0.272 e. The fraction of sp³-hybridized carbons (Fsp3) is 0.133. The number of aromatic nitrogens is 1. The third-order valence-corrected chi connectivity index (χ3v) is 3.61. The molecule has 0 atom stereocenters. The van der Waals surface area contributed by atoms with Crippen molar-refractivity contribution in [2.45, 2.75) is 13.5 Å². The van der Waals surface area contributed by atoms with Crippen molar-refractivity contribution < 1.29 is 15.0 Å². The average Bonchev–Trinajstić information content (AvgIpc) is 2.51. The lowest BCUT2D eigenvalue weighted by atomic mass is 10.1. The zero-order valence-corrected chi connectivity index (χ0v) is 13.6. The number of aryl methyl sites for hydroxylation is 1. The van der Waals surface area contributed by atoms with Crippen LogP contribution >= 0.6 is 23.2 Å². The summed E-state index contributed by atoms with van der Waals surface area (Å²) in [5, 5.41) is 23.6. The minimum absolute atomic E-state index is 0.112. The van der Waals surface area contributed by atoms with E-state index in [1.807, 2.05) is 0 Å². The van der Waals surface area contributed by atoms with Gasteiger partial charge >= 0.3 is 0 Å². The summed E-state index contributed by atoms with van der Waals surface area (Å²) in [6.45, 7) is 1.29. The summed E-state index contributed by atoms with van der Waals surface area (Å²) in [5.74, 6) is -0.641. The molecule has 0 spiro atoms. The van der Waals surface area contributed by atoms with Crippen LogP contribution in [0.25, 0.3) is 0 Å². The molecule has 1 aromatic carbocycles. The molecular weight excluding hydrogens is 341 g/mol. The lowest BCUT2D eigenvalue weighted by molar-refractivity contribution is 0.0955. The minimum atomic E-state index is -0.529. The highest BCUT2D eigenvalue weighted by Gasteiger charge is 2.11. The fourth-order valence-corrected chi connectivity index (χ4v) is 2.31. The van der Waals surface area contributed by atoms with E-state index < -0.39 is 5.91 Å². The van der Waals surface area contributed by atoms with Crippen LogP contribution in [0.4, 0.5) is 0 Å².